The topological polar surface area (TPSA) is 94.2 Å². The van der Waals surface area contributed by atoms with Gasteiger partial charge >= 0.3 is 6.09 Å². The van der Waals surface area contributed by atoms with Crippen molar-refractivity contribution in [3.05, 3.63) is 0 Å². The molecule has 1 rings (SSSR count). The van der Waals surface area contributed by atoms with Gasteiger partial charge in [-0.25, -0.2) is 4.79 Å². The zero-order chi connectivity index (χ0) is 15.3. The second kappa shape index (κ2) is 6.58. The summed E-state index contributed by atoms with van der Waals surface area (Å²) < 4.78 is 9.97. The monoisotopic (exact) mass is 287 g/mol. The number of aliphatic imine (C=N–C) groups is 1. The Kier molecular flexibility index (Phi) is 5.35. The Bertz CT molecular complexity index is 407. The molecular formula is C13H25N3O4. The predicted octanol–water partition coefficient (Wildman–Crippen LogP) is 1.51. The summed E-state index contributed by atoms with van der Waals surface area (Å²) in [6.07, 6.45) is 1.75. The lowest BCUT2D eigenvalue weighted by Crippen LogP contribution is -2.49. The van der Waals surface area contributed by atoms with Gasteiger partial charge in [-0.2, -0.15) is 4.99 Å². The van der Waals surface area contributed by atoms with Crippen LogP contribution in [0.4, 0.5) is 4.79 Å². The van der Waals surface area contributed by atoms with Crippen LogP contribution in [0.15, 0.2) is 4.99 Å². The zero-order valence-corrected chi connectivity index (χ0v) is 12.5. The highest BCUT2D eigenvalue weighted by atomic mass is 16.6. The van der Waals surface area contributed by atoms with Crippen LogP contribution in [0.3, 0.4) is 0 Å². The lowest BCUT2D eigenvalue weighted by molar-refractivity contribution is -0.124. The Morgan fingerprint density at radius 3 is 2.55 bits per heavy atom. The minimum absolute atomic E-state index is 0. The Balaban J connectivity index is 0.00000400. The molecule has 0 aliphatic carbocycles. The van der Waals surface area contributed by atoms with Gasteiger partial charge in [-0.3, -0.25) is 9.69 Å². The maximum Gasteiger partial charge on any atom is 0.410 e. The van der Waals surface area contributed by atoms with Gasteiger partial charge in [-0.15, -0.1) is 0 Å². The van der Waals surface area contributed by atoms with E-state index in [-0.39, 0.29) is 7.45 Å². The number of amides is 2. The number of hydrogen-bond donors (Lipinski definition) is 1. The summed E-state index contributed by atoms with van der Waals surface area (Å²) in [6.45, 7) is 5.83. The summed E-state index contributed by atoms with van der Waals surface area (Å²) >= 11 is 0. The molecule has 1 unspecified atom stereocenters. The number of rotatable bonds is 1. The minimum atomic E-state index is -0.632. The van der Waals surface area contributed by atoms with Crippen molar-refractivity contribution in [3.63, 3.8) is 0 Å². The lowest BCUT2D eigenvalue weighted by Gasteiger charge is -2.34. The van der Waals surface area contributed by atoms with Crippen LogP contribution in [0.2, 0.25) is 0 Å². The number of nitrogens with zero attached hydrogens (tertiary/aromatic N) is 2. The second-order valence-corrected chi connectivity index (χ2v) is 5.68. The third-order valence-corrected chi connectivity index (χ3v) is 2.85. The molecule has 116 valence electrons. The van der Waals surface area contributed by atoms with Gasteiger partial charge in [0.25, 0.3) is 11.9 Å². The molecule has 0 bridgehead atoms. The second-order valence-electron chi connectivity index (χ2n) is 5.68. The number of likely N-dealkylation sites (tertiary alicyclic amines) is 1. The highest BCUT2D eigenvalue weighted by Crippen LogP contribution is 2.21. The van der Waals surface area contributed by atoms with E-state index in [2.05, 4.69) is 9.73 Å². The molecule has 1 fully saturated rings. The number of hydrogen-bond acceptors (Lipinski definition) is 4. The van der Waals surface area contributed by atoms with E-state index in [4.69, 9.17) is 10.5 Å². The number of piperidine rings is 1. The van der Waals surface area contributed by atoms with Gasteiger partial charge in [-0.1, -0.05) is 0 Å². The molecule has 0 aromatic rings. The van der Waals surface area contributed by atoms with E-state index in [1.807, 2.05) is 0 Å². The molecule has 1 aliphatic heterocycles. The molecule has 1 saturated heterocycles. The molecule has 2 amide bonds. The van der Waals surface area contributed by atoms with Gasteiger partial charge in [0.1, 0.15) is 11.6 Å². The Morgan fingerprint density at radius 1 is 1.35 bits per heavy atom. The molecule has 0 aromatic carbocycles. The summed E-state index contributed by atoms with van der Waals surface area (Å²) in [5.41, 5.74) is 4.78. The van der Waals surface area contributed by atoms with Crippen molar-refractivity contribution < 1.29 is 20.5 Å². The highest BCUT2D eigenvalue weighted by Gasteiger charge is 2.34. The van der Waals surface area contributed by atoms with Crippen molar-refractivity contribution in [1.82, 2.24) is 4.90 Å². The quantitative estimate of drug-likeness (QED) is 0.582. The molecular weight excluding hydrogens is 262 g/mol. The van der Waals surface area contributed by atoms with Gasteiger partial charge in [0, 0.05) is 7.97 Å². The fraction of sp³-hybridized carbons (Fsp3) is 0.769. The van der Waals surface area contributed by atoms with Crippen molar-refractivity contribution in [1.29, 1.82) is 0 Å². The summed E-state index contributed by atoms with van der Waals surface area (Å²) in [5, 5.41) is 0. The van der Waals surface area contributed by atoms with Crippen molar-refractivity contribution >= 4 is 18.0 Å². The largest absolute Gasteiger partial charge is 0.468 e. The van der Waals surface area contributed by atoms with Crippen molar-refractivity contribution in [2.24, 2.45) is 10.7 Å². The lowest BCUT2D eigenvalue weighted by atomic mass is 10.0. The molecule has 1 atom stereocenters. The first-order valence-electron chi connectivity index (χ1n) is 6.66. The number of nitrogens with two attached hydrogens (primary N) is 1. The molecule has 0 saturated carbocycles. The molecule has 1 heterocycles. The standard InChI is InChI=1S/C13H23N3O4.H2/c1-13(2,3)20-12(18)16-8-6-5-7-9(16)10(17)15-11(14)19-4;/h9H,5-8H2,1-4H3,(H2,14,15,17);1H. The Labute approximate surface area is 120 Å². The van der Waals surface area contributed by atoms with E-state index in [1.165, 1.54) is 12.0 Å². The van der Waals surface area contributed by atoms with Crippen LogP contribution in [0.5, 0.6) is 0 Å². The molecule has 0 aromatic heterocycles. The van der Waals surface area contributed by atoms with Crippen molar-refractivity contribution in [2.75, 3.05) is 13.7 Å². The number of ether oxygens (including phenoxy) is 2. The van der Waals surface area contributed by atoms with Gasteiger partial charge in [0.2, 0.25) is 0 Å². The van der Waals surface area contributed by atoms with E-state index < -0.39 is 23.6 Å². The summed E-state index contributed by atoms with van der Waals surface area (Å²) in [5.74, 6) is -0.477. The Hall–Kier alpha value is -1.79. The van der Waals surface area contributed by atoms with Crippen LogP contribution >= 0.6 is 0 Å². The SMILES string of the molecule is COC(N)=NC(=O)C1CCCCN1C(=O)OC(C)(C)C.[HH]. The highest BCUT2D eigenvalue weighted by molar-refractivity contribution is 5.94. The van der Waals surface area contributed by atoms with E-state index >= 15 is 0 Å². The zero-order valence-electron chi connectivity index (χ0n) is 12.5. The summed E-state index contributed by atoms with van der Waals surface area (Å²) in [4.78, 5) is 29.2. The van der Waals surface area contributed by atoms with Crippen LogP contribution in [-0.2, 0) is 14.3 Å². The van der Waals surface area contributed by atoms with E-state index in [0.29, 0.717) is 13.0 Å². The van der Waals surface area contributed by atoms with Crippen LogP contribution < -0.4 is 5.73 Å². The van der Waals surface area contributed by atoms with Crippen LogP contribution in [-0.4, -0.2) is 48.2 Å². The molecule has 2 N–H and O–H groups in total. The molecule has 7 nitrogen and oxygen atoms in total. The summed E-state index contributed by atoms with van der Waals surface area (Å²) in [7, 11) is 1.33. The summed E-state index contributed by atoms with van der Waals surface area (Å²) in [6, 6.07) is -0.836. The molecule has 1 aliphatic rings. The van der Waals surface area contributed by atoms with Gasteiger partial charge < -0.3 is 15.2 Å². The third-order valence-electron chi connectivity index (χ3n) is 2.85. The smallest absolute Gasteiger partial charge is 0.410 e. The van der Waals surface area contributed by atoms with Crippen molar-refractivity contribution in [2.45, 2.75) is 51.7 Å². The van der Waals surface area contributed by atoms with Gasteiger partial charge in [0.05, 0.1) is 7.11 Å². The van der Waals surface area contributed by atoms with Crippen LogP contribution in [0.25, 0.3) is 0 Å². The molecule has 0 radical (unpaired) electrons. The van der Waals surface area contributed by atoms with E-state index in [9.17, 15) is 9.59 Å². The number of carbonyl (C=O) groups is 2. The van der Waals surface area contributed by atoms with Gasteiger partial charge in [0.15, 0.2) is 0 Å². The van der Waals surface area contributed by atoms with E-state index in [0.717, 1.165) is 12.8 Å². The van der Waals surface area contributed by atoms with Crippen LogP contribution in [0.1, 0.15) is 41.5 Å². The number of methoxy groups -OCH3 is 1. The van der Waals surface area contributed by atoms with Crippen LogP contribution in [0, 0.1) is 0 Å². The third kappa shape index (κ3) is 4.71. The first-order chi connectivity index (χ1) is 9.24. The maximum absolute atomic E-state index is 12.1. The predicted molar refractivity (Wildman–Crippen MR) is 76.3 cm³/mol. The minimum Gasteiger partial charge on any atom is -0.468 e. The van der Waals surface area contributed by atoms with Crippen molar-refractivity contribution in [3.8, 4) is 0 Å². The fourth-order valence-corrected chi connectivity index (χ4v) is 1.96. The van der Waals surface area contributed by atoms with E-state index in [1.54, 1.807) is 20.8 Å². The normalized spacial score (nSPS) is 20.5. The first-order valence-corrected chi connectivity index (χ1v) is 6.66. The molecule has 20 heavy (non-hydrogen) atoms. The van der Waals surface area contributed by atoms with Gasteiger partial charge in [-0.05, 0) is 40.0 Å². The average molecular weight is 287 g/mol. The molecule has 7 heteroatoms. The molecule has 0 spiro atoms. The maximum atomic E-state index is 12.1. The fourth-order valence-electron chi connectivity index (χ4n) is 1.96. The first kappa shape index (κ1) is 16.3. The number of amidine groups is 1. The number of carbonyl (C=O) groups excluding carboxylic acids is 2. The Morgan fingerprint density at radius 2 is 2.00 bits per heavy atom. The average Bonchev–Trinajstić information content (AvgIpc) is 2.36.